The number of likely N-dealkylation sites (tertiary alicyclic amines) is 1. The Hall–Kier alpha value is -2.11. The number of hydrogen-bond acceptors (Lipinski definition) is 3. The predicted octanol–water partition coefficient (Wildman–Crippen LogP) is 0.924. The van der Waals surface area contributed by atoms with E-state index in [0.717, 1.165) is 12.1 Å². The fourth-order valence-corrected chi connectivity index (χ4v) is 2.68. The highest BCUT2D eigenvalue weighted by Gasteiger charge is 2.24. The molecule has 2 N–H and O–H groups in total. The number of carbonyl (C=O) groups is 2. The van der Waals surface area contributed by atoms with Gasteiger partial charge < -0.3 is 15.2 Å². The standard InChI is InChI=1S/C16H23N3O3/c1-10(2)6-13-7-11(8-14(20)17-13)16(22)18-12-4-5-15(21)19(3)9-12/h7-8,10,12H,4-6,9H2,1-3H3,(H,17,20)(H,18,22). The summed E-state index contributed by atoms with van der Waals surface area (Å²) in [6.45, 7) is 4.62. The van der Waals surface area contributed by atoms with Gasteiger partial charge in [-0.15, -0.1) is 0 Å². The quantitative estimate of drug-likeness (QED) is 0.868. The molecule has 2 amide bonds. The van der Waals surface area contributed by atoms with Gasteiger partial charge in [-0.05, 0) is 24.8 Å². The molecule has 1 atom stereocenters. The maximum absolute atomic E-state index is 12.3. The average Bonchev–Trinajstić information content (AvgIpc) is 2.41. The number of piperidine rings is 1. The predicted molar refractivity (Wildman–Crippen MR) is 83.7 cm³/mol. The number of rotatable bonds is 4. The van der Waals surface area contributed by atoms with Gasteiger partial charge >= 0.3 is 0 Å². The van der Waals surface area contributed by atoms with Crippen LogP contribution in [0.25, 0.3) is 0 Å². The highest BCUT2D eigenvalue weighted by atomic mass is 16.2. The molecule has 120 valence electrons. The summed E-state index contributed by atoms with van der Waals surface area (Å²) in [4.78, 5) is 39.9. The minimum Gasteiger partial charge on any atom is -0.348 e. The first kappa shape index (κ1) is 16.3. The van der Waals surface area contributed by atoms with Gasteiger partial charge in [0.25, 0.3) is 5.91 Å². The van der Waals surface area contributed by atoms with Crippen molar-refractivity contribution in [3.05, 3.63) is 33.7 Å². The van der Waals surface area contributed by atoms with Crippen LogP contribution in [0.5, 0.6) is 0 Å². The van der Waals surface area contributed by atoms with Crippen LogP contribution < -0.4 is 10.9 Å². The Morgan fingerprint density at radius 2 is 2.14 bits per heavy atom. The van der Waals surface area contributed by atoms with Crippen LogP contribution in [0.3, 0.4) is 0 Å². The summed E-state index contributed by atoms with van der Waals surface area (Å²) in [6.07, 6.45) is 1.80. The molecule has 1 saturated heterocycles. The number of aromatic nitrogens is 1. The number of nitrogens with zero attached hydrogens (tertiary/aromatic N) is 1. The van der Waals surface area contributed by atoms with E-state index in [2.05, 4.69) is 24.1 Å². The summed E-state index contributed by atoms with van der Waals surface area (Å²) in [5.41, 5.74) is 0.877. The van der Waals surface area contributed by atoms with Crippen molar-refractivity contribution in [3.63, 3.8) is 0 Å². The van der Waals surface area contributed by atoms with Crippen molar-refractivity contribution in [3.8, 4) is 0 Å². The monoisotopic (exact) mass is 305 g/mol. The fourth-order valence-electron chi connectivity index (χ4n) is 2.68. The molecule has 1 aromatic rings. The van der Waals surface area contributed by atoms with Crippen molar-refractivity contribution in [2.24, 2.45) is 5.92 Å². The lowest BCUT2D eigenvalue weighted by Gasteiger charge is -2.30. The van der Waals surface area contributed by atoms with Crippen LogP contribution in [-0.2, 0) is 11.2 Å². The van der Waals surface area contributed by atoms with E-state index in [0.29, 0.717) is 30.9 Å². The fraction of sp³-hybridized carbons (Fsp3) is 0.562. The average molecular weight is 305 g/mol. The van der Waals surface area contributed by atoms with Gasteiger partial charge in [-0.3, -0.25) is 14.4 Å². The molecule has 22 heavy (non-hydrogen) atoms. The summed E-state index contributed by atoms with van der Waals surface area (Å²) in [6, 6.07) is 2.98. The minimum absolute atomic E-state index is 0.0666. The van der Waals surface area contributed by atoms with Gasteiger partial charge in [-0.2, -0.15) is 0 Å². The van der Waals surface area contributed by atoms with Crippen LogP contribution in [0, 0.1) is 5.92 Å². The SMILES string of the molecule is CC(C)Cc1cc(C(=O)NC2CCC(=O)N(C)C2)cc(=O)[nH]1. The maximum atomic E-state index is 12.3. The molecule has 2 heterocycles. The van der Waals surface area contributed by atoms with Gasteiger partial charge in [0.05, 0.1) is 0 Å². The number of aromatic amines is 1. The van der Waals surface area contributed by atoms with Gasteiger partial charge in [-0.1, -0.05) is 13.8 Å². The normalized spacial score (nSPS) is 18.6. The number of H-pyrrole nitrogens is 1. The number of amides is 2. The summed E-state index contributed by atoms with van der Waals surface area (Å²) >= 11 is 0. The molecule has 6 heteroatoms. The van der Waals surface area contributed by atoms with E-state index in [1.54, 1.807) is 18.0 Å². The van der Waals surface area contributed by atoms with Crippen LogP contribution in [0.15, 0.2) is 16.9 Å². The Morgan fingerprint density at radius 3 is 2.77 bits per heavy atom. The van der Waals surface area contributed by atoms with Gasteiger partial charge in [0.15, 0.2) is 0 Å². The topological polar surface area (TPSA) is 82.3 Å². The first-order chi connectivity index (χ1) is 10.3. The highest BCUT2D eigenvalue weighted by Crippen LogP contribution is 2.11. The Morgan fingerprint density at radius 1 is 1.41 bits per heavy atom. The first-order valence-electron chi connectivity index (χ1n) is 7.63. The van der Waals surface area contributed by atoms with Crippen LogP contribution in [0.1, 0.15) is 42.7 Å². The molecule has 1 unspecified atom stereocenters. The third-order valence-corrected chi connectivity index (χ3v) is 3.75. The molecule has 2 rings (SSSR count). The highest BCUT2D eigenvalue weighted by molar-refractivity contribution is 5.94. The molecule has 1 aliphatic rings. The molecule has 0 saturated carbocycles. The zero-order chi connectivity index (χ0) is 16.3. The number of hydrogen-bond donors (Lipinski definition) is 2. The van der Waals surface area contributed by atoms with E-state index in [-0.39, 0.29) is 23.4 Å². The Kier molecular flexibility index (Phi) is 5.00. The van der Waals surface area contributed by atoms with Crippen LogP contribution >= 0.6 is 0 Å². The summed E-state index contributed by atoms with van der Waals surface area (Å²) in [7, 11) is 1.73. The maximum Gasteiger partial charge on any atom is 0.251 e. The van der Waals surface area contributed by atoms with Crippen molar-refractivity contribution in [1.82, 2.24) is 15.2 Å². The van der Waals surface area contributed by atoms with E-state index in [9.17, 15) is 14.4 Å². The molecule has 0 aliphatic carbocycles. The lowest BCUT2D eigenvalue weighted by atomic mass is 10.0. The Bertz CT molecular complexity index is 621. The van der Waals surface area contributed by atoms with E-state index in [4.69, 9.17) is 0 Å². The van der Waals surface area contributed by atoms with E-state index >= 15 is 0 Å². The molecule has 1 aromatic heterocycles. The molecule has 0 bridgehead atoms. The van der Waals surface area contributed by atoms with Gasteiger partial charge in [0, 0.05) is 43.4 Å². The third kappa shape index (κ3) is 4.19. The molecule has 1 aliphatic heterocycles. The Balaban J connectivity index is 2.07. The largest absolute Gasteiger partial charge is 0.348 e. The minimum atomic E-state index is -0.265. The van der Waals surface area contributed by atoms with Crippen molar-refractivity contribution >= 4 is 11.8 Å². The second kappa shape index (κ2) is 6.77. The molecule has 6 nitrogen and oxygen atoms in total. The zero-order valence-electron chi connectivity index (χ0n) is 13.3. The van der Waals surface area contributed by atoms with Crippen LogP contribution in [0.4, 0.5) is 0 Å². The van der Waals surface area contributed by atoms with E-state index < -0.39 is 0 Å². The second-order valence-corrected chi connectivity index (χ2v) is 6.34. The summed E-state index contributed by atoms with van der Waals surface area (Å²) in [5.74, 6) is 0.233. The first-order valence-corrected chi connectivity index (χ1v) is 7.63. The molecule has 0 spiro atoms. The Labute approximate surface area is 129 Å². The lowest BCUT2D eigenvalue weighted by Crippen LogP contribution is -2.48. The number of pyridine rings is 1. The van der Waals surface area contributed by atoms with Crippen molar-refractivity contribution in [2.75, 3.05) is 13.6 Å². The van der Waals surface area contributed by atoms with Crippen molar-refractivity contribution < 1.29 is 9.59 Å². The van der Waals surface area contributed by atoms with Gasteiger partial charge in [0.1, 0.15) is 0 Å². The smallest absolute Gasteiger partial charge is 0.251 e. The van der Waals surface area contributed by atoms with E-state index in [1.807, 2.05) is 0 Å². The number of carbonyl (C=O) groups excluding carboxylic acids is 2. The lowest BCUT2D eigenvalue weighted by molar-refractivity contribution is -0.132. The van der Waals surface area contributed by atoms with Crippen LogP contribution in [0.2, 0.25) is 0 Å². The second-order valence-electron chi connectivity index (χ2n) is 6.34. The van der Waals surface area contributed by atoms with Gasteiger partial charge in [-0.25, -0.2) is 0 Å². The number of likely N-dealkylation sites (N-methyl/N-ethyl adjacent to an activating group) is 1. The molecular weight excluding hydrogens is 282 g/mol. The molecule has 0 radical (unpaired) electrons. The summed E-state index contributed by atoms with van der Waals surface area (Å²) < 4.78 is 0. The zero-order valence-corrected chi connectivity index (χ0v) is 13.3. The van der Waals surface area contributed by atoms with E-state index in [1.165, 1.54) is 6.07 Å². The van der Waals surface area contributed by atoms with Crippen LogP contribution in [-0.4, -0.2) is 41.3 Å². The van der Waals surface area contributed by atoms with Crippen molar-refractivity contribution in [2.45, 2.75) is 39.2 Å². The summed E-state index contributed by atoms with van der Waals surface area (Å²) in [5, 5.41) is 2.91. The van der Waals surface area contributed by atoms with Gasteiger partial charge in [0.2, 0.25) is 11.5 Å². The number of nitrogens with one attached hydrogen (secondary N) is 2. The molecule has 0 aromatic carbocycles. The third-order valence-electron chi connectivity index (χ3n) is 3.75. The molecular formula is C16H23N3O3. The molecule has 1 fully saturated rings. The van der Waals surface area contributed by atoms with Crippen molar-refractivity contribution in [1.29, 1.82) is 0 Å².